The minimum absolute atomic E-state index is 0.241. The molecule has 0 saturated carbocycles. The summed E-state index contributed by atoms with van der Waals surface area (Å²) < 4.78 is 13.5. The van der Waals surface area contributed by atoms with Gasteiger partial charge < -0.3 is 14.8 Å². The first kappa shape index (κ1) is 24.6. The quantitative estimate of drug-likeness (QED) is 0.441. The fraction of sp³-hybridized carbons (Fsp3) is 0.478. The first-order valence-electron chi connectivity index (χ1n) is 10.6. The molecule has 0 bridgehead atoms. The number of esters is 1. The van der Waals surface area contributed by atoms with Gasteiger partial charge in [-0.3, -0.25) is 9.58 Å². The molecule has 2 heterocycles. The zero-order valence-corrected chi connectivity index (χ0v) is 20.9. The Morgan fingerprint density at radius 3 is 2.55 bits per heavy atom. The highest BCUT2D eigenvalue weighted by atomic mass is 79.9. The molecule has 1 aliphatic heterocycles. The summed E-state index contributed by atoms with van der Waals surface area (Å²) in [7, 11) is 1.72. The van der Waals surface area contributed by atoms with E-state index in [0.29, 0.717) is 34.6 Å². The number of nitrogens with one attached hydrogen (secondary N) is 1. The number of benzene rings is 1. The second-order valence-electron chi connectivity index (χ2n) is 8.86. The highest BCUT2D eigenvalue weighted by Gasteiger charge is 2.43. The van der Waals surface area contributed by atoms with E-state index >= 15 is 0 Å². The lowest BCUT2D eigenvalue weighted by Gasteiger charge is -2.31. The van der Waals surface area contributed by atoms with Crippen molar-refractivity contribution in [3.63, 3.8) is 0 Å². The number of hydrogen-bond donors (Lipinski definition) is 1. The summed E-state index contributed by atoms with van der Waals surface area (Å²) in [5.74, 6) is 0.101. The Morgan fingerprint density at radius 1 is 1.30 bits per heavy atom. The van der Waals surface area contributed by atoms with Crippen LogP contribution in [0.4, 0.5) is 16.3 Å². The van der Waals surface area contributed by atoms with Crippen molar-refractivity contribution in [2.24, 2.45) is 0 Å². The Hall–Kier alpha value is -3.06. The molecule has 1 unspecified atom stereocenters. The zero-order chi connectivity index (χ0) is 24.3. The third kappa shape index (κ3) is 5.47. The molecule has 1 aromatic carbocycles. The maximum absolute atomic E-state index is 13.1. The number of anilines is 1. The highest BCUT2D eigenvalue weighted by Crippen LogP contribution is 2.39. The van der Waals surface area contributed by atoms with Crippen LogP contribution in [0.25, 0.3) is 4.85 Å². The highest BCUT2D eigenvalue weighted by molar-refractivity contribution is 9.10. The second kappa shape index (κ2) is 9.83. The molecule has 1 aromatic heterocycles. The number of nitrogens with zero attached hydrogens (tertiary/aromatic N) is 4. The zero-order valence-electron chi connectivity index (χ0n) is 19.3. The lowest BCUT2D eigenvalue weighted by molar-refractivity contribution is -0.00662. The summed E-state index contributed by atoms with van der Waals surface area (Å²) in [6, 6.07) is 8.06. The molecule has 33 heavy (non-hydrogen) atoms. The van der Waals surface area contributed by atoms with E-state index in [4.69, 9.17) is 16.0 Å². The van der Waals surface area contributed by atoms with E-state index in [1.54, 1.807) is 68.6 Å². The third-order valence-corrected chi connectivity index (χ3v) is 5.87. The summed E-state index contributed by atoms with van der Waals surface area (Å²) in [6.45, 7) is 14.9. The van der Waals surface area contributed by atoms with E-state index in [9.17, 15) is 9.59 Å². The van der Waals surface area contributed by atoms with Gasteiger partial charge in [-0.15, -0.1) is 0 Å². The van der Waals surface area contributed by atoms with Gasteiger partial charge in [0.2, 0.25) is 0 Å². The number of carbonyl (C=O) groups is 2. The van der Waals surface area contributed by atoms with Crippen LogP contribution in [0.15, 0.2) is 34.9 Å². The van der Waals surface area contributed by atoms with E-state index in [1.165, 1.54) is 0 Å². The number of rotatable bonds is 5. The number of likely N-dealkylation sites (tertiary alicyclic amines) is 1. The number of ether oxygens (including phenoxy) is 2. The Bertz CT molecular complexity index is 1060. The molecule has 1 saturated heterocycles. The Kier molecular flexibility index (Phi) is 7.32. The van der Waals surface area contributed by atoms with Crippen LogP contribution in [0, 0.1) is 6.57 Å². The molecule has 3 rings (SSSR count). The van der Waals surface area contributed by atoms with E-state index < -0.39 is 29.8 Å². The van der Waals surface area contributed by atoms with Crippen molar-refractivity contribution in [3.05, 3.63) is 51.9 Å². The lowest BCUT2D eigenvalue weighted by atomic mass is 10.1. The maximum Gasteiger partial charge on any atom is 0.410 e. The van der Waals surface area contributed by atoms with Crippen LogP contribution in [-0.2, 0) is 9.47 Å². The van der Waals surface area contributed by atoms with Crippen molar-refractivity contribution in [1.82, 2.24) is 14.7 Å². The van der Waals surface area contributed by atoms with Crippen LogP contribution in [0.1, 0.15) is 50.5 Å². The van der Waals surface area contributed by atoms with Crippen molar-refractivity contribution < 1.29 is 19.1 Å². The molecule has 1 fully saturated rings. The van der Waals surface area contributed by atoms with Gasteiger partial charge in [0.15, 0.2) is 0 Å². The second-order valence-corrected chi connectivity index (χ2v) is 9.61. The van der Waals surface area contributed by atoms with Gasteiger partial charge in [0.05, 0.1) is 24.2 Å². The SMILES string of the molecule is [C-]#[N+]c1c(Br)nn([C@H]2C[C@H](C(C)OC(=O)c3ccccc3)N(C(=O)OC(C)(C)C)C2)c1NC. The summed E-state index contributed by atoms with van der Waals surface area (Å²) in [5.41, 5.74) is 0.137. The van der Waals surface area contributed by atoms with Gasteiger partial charge in [0, 0.05) is 13.6 Å². The monoisotopic (exact) mass is 517 g/mol. The average molecular weight is 518 g/mol. The number of halogens is 1. The Morgan fingerprint density at radius 2 is 1.97 bits per heavy atom. The maximum atomic E-state index is 13.1. The lowest BCUT2D eigenvalue weighted by Crippen LogP contribution is -2.45. The summed E-state index contributed by atoms with van der Waals surface area (Å²) in [4.78, 5) is 30.8. The number of aromatic nitrogens is 2. The fourth-order valence-corrected chi connectivity index (χ4v) is 4.33. The minimum Gasteiger partial charge on any atom is -0.457 e. The molecule has 1 aliphatic rings. The van der Waals surface area contributed by atoms with E-state index in [-0.39, 0.29) is 6.04 Å². The number of amides is 1. The molecule has 176 valence electrons. The first-order valence-corrected chi connectivity index (χ1v) is 11.4. The molecular formula is C23H28BrN5O4. The molecule has 0 radical (unpaired) electrons. The van der Waals surface area contributed by atoms with E-state index in [0.717, 1.165) is 0 Å². The predicted molar refractivity (Wildman–Crippen MR) is 127 cm³/mol. The minimum atomic E-state index is -0.675. The van der Waals surface area contributed by atoms with Crippen molar-refractivity contribution in [2.75, 3.05) is 18.9 Å². The number of carbonyl (C=O) groups excluding carboxylic acids is 2. The smallest absolute Gasteiger partial charge is 0.410 e. The van der Waals surface area contributed by atoms with Crippen molar-refractivity contribution >= 4 is 39.5 Å². The molecule has 1 amide bonds. The standard InChI is InChI=1S/C23H28BrN5O4/c1-14(32-21(30)15-10-8-7-9-11-15)17-12-16(13-28(17)22(31)33-23(2,3)4)29-20(26-6)18(25-5)19(24)27-29/h7-11,14,16-17,26H,12-13H2,1-4,6H3/t14?,16-,17+/m0/s1. The van der Waals surface area contributed by atoms with Crippen molar-refractivity contribution in [3.8, 4) is 0 Å². The van der Waals surface area contributed by atoms with E-state index in [1.807, 2.05) is 6.07 Å². The van der Waals surface area contributed by atoms with Gasteiger partial charge in [-0.2, -0.15) is 5.10 Å². The van der Waals surface area contributed by atoms with Crippen molar-refractivity contribution in [2.45, 2.75) is 57.9 Å². The van der Waals surface area contributed by atoms with E-state index in [2.05, 4.69) is 31.2 Å². The van der Waals surface area contributed by atoms with Gasteiger partial charge in [0.1, 0.15) is 22.1 Å². The van der Waals surface area contributed by atoms with Gasteiger partial charge >= 0.3 is 12.1 Å². The van der Waals surface area contributed by atoms with Gasteiger partial charge in [-0.05, 0) is 62.2 Å². The van der Waals surface area contributed by atoms with Gasteiger partial charge in [-0.1, -0.05) is 18.2 Å². The summed E-state index contributed by atoms with van der Waals surface area (Å²) >= 11 is 3.34. The van der Waals surface area contributed by atoms with Crippen LogP contribution in [-0.4, -0.2) is 58.1 Å². The molecule has 1 N–H and O–H groups in total. The van der Waals surface area contributed by atoms with Crippen LogP contribution < -0.4 is 5.32 Å². The van der Waals surface area contributed by atoms with Crippen molar-refractivity contribution in [1.29, 1.82) is 0 Å². The molecule has 0 spiro atoms. The average Bonchev–Trinajstić information content (AvgIpc) is 3.34. The van der Waals surface area contributed by atoms with Crippen LogP contribution in [0.5, 0.6) is 0 Å². The molecule has 10 heteroatoms. The Balaban J connectivity index is 1.88. The normalized spacial score (nSPS) is 19.0. The van der Waals surface area contributed by atoms with Crippen LogP contribution >= 0.6 is 15.9 Å². The summed E-state index contributed by atoms with van der Waals surface area (Å²) in [6.07, 6.45) is -0.601. The number of hydrogen-bond acceptors (Lipinski definition) is 6. The van der Waals surface area contributed by atoms with Crippen LogP contribution in [0.2, 0.25) is 0 Å². The molecule has 0 aliphatic carbocycles. The van der Waals surface area contributed by atoms with Gasteiger partial charge in [-0.25, -0.2) is 14.4 Å². The fourth-order valence-electron chi connectivity index (χ4n) is 3.88. The Labute approximate surface area is 202 Å². The molecular weight excluding hydrogens is 490 g/mol. The van der Waals surface area contributed by atoms with Crippen LogP contribution in [0.3, 0.4) is 0 Å². The topological polar surface area (TPSA) is 90.1 Å². The molecule has 9 nitrogen and oxygen atoms in total. The molecule has 3 atom stereocenters. The first-order chi connectivity index (χ1) is 15.6. The summed E-state index contributed by atoms with van der Waals surface area (Å²) in [5, 5.41) is 7.51. The molecule has 2 aromatic rings. The predicted octanol–water partition coefficient (Wildman–Crippen LogP) is 5.03. The largest absolute Gasteiger partial charge is 0.457 e. The van der Waals surface area contributed by atoms with Gasteiger partial charge in [0.25, 0.3) is 5.69 Å². The third-order valence-electron chi connectivity index (χ3n) is 5.33.